The third-order valence-corrected chi connectivity index (χ3v) is 5.71. The minimum atomic E-state index is -0.321. The number of hydrogen-bond acceptors (Lipinski definition) is 2. The average molecular weight is 398 g/mol. The molecule has 0 N–H and O–H groups in total. The van der Waals surface area contributed by atoms with Crippen LogP contribution >= 0.6 is 31.9 Å². The van der Waals surface area contributed by atoms with E-state index in [2.05, 4.69) is 31.9 Å². The summed E-state index contributed by atoms with van der Waals surface area (Å²) in [5.41, 5.74) is 1.73. The van der Waals surface area contributed by atoms with Crippen molar-refractivity contribution in [3.05, 3.63) is 65.7 Å². The van der Waals surface area contributed by atoms with Gasteiger partial charge in [0.15, 0.2) is 5.78 Å². The van der Waals surface area contributed by atoms with Gasteiger partial charge in [-0.05, 0) is 17.7 Å². The Kier molecular flexibility index (Phi) is 5.38. The van der Waals surface area contributed by atoms with Gasteiger partial charge in [-0.3, -0.25) is 4.79 Å². The molecular weight excluding hydrogens is 384 g/mol. The second-order valence-corrected chi connectivity index (χ2v) is 6.28. The molecule has 2 aromatic rings. The van der Waals surface area contributed by atoms with Gasteiger partial charge in [0.05, 0.1) is 16.8 Å². The van der Waals surface area contributed by atoms with Crippen LogP contribution in [0.25, 0.3) is 0 Å². The van der Waals surface area contributed by atoms with Crippen LogP contribution in [0.1, 0.15) is 20.7 Å². The molecule has 20 heavy (non-hydrogen) atoms. The molecule has 0 aliphatic heterocycles. The lowest BCUT2D eigenvalue weighted by Gasteiger charge is -2.16. The molecule has 0 saturated carbocycles. The van der Waals surface area contributed by atoms with E-state index < -0.39 is 0 Å². The molecule has 2 nitrogen and oxygen atoms in total. The fourth-order valence-electron chi connectivity index (χ4n) is 1.85. The van der Waals surface area contributed by atoms with Crippen molar-refractivity contribution in [3.63, 3.8) is 0 Å². The zero-order valence-electron chi connectivity index (χ0n) is 10.9. The first-order chi connectivity index (χ1) is 9.63. The molecule has 0 aromatic heterocycles. The standard InChI is InChI=1S/C16H14Br2O2/c1-20-13-9-7-11(8-10-13)14(17)15(18)16(19)12-5-3-2-4-6-12/h2-10,14-15H,1H3. The number of alkyl halides is 2. The SMILES string of the molecule is COc1ccc(C(Br)C(Br)C(=O)c2ccccc2)cc1. The minimum Gasteiger partial charge on any atom is -0.497 e. The first-order valence-corrected chi connectivity index (χ1v) is 7.98. The van der Waals surface area contributed by atoms with Crippen LogP contribution in [-0.2, 0) is 0 Å². The van der Waals surface area contributed by atoms with E-state index in [0.29, 0.717) is 5.56 Å². The molecule has 4 heteroatoms. The van der Waals surface area contributed by atoms with Crippen LogP contribution < -0.4 is 4.74 Å². The summed E-state index contributed by atoms with van der Waals surface area (Å²) >= 11 is 7.08. The van der Waals surface area contributed by atoms with E-state index >= 15 is 0 Å². The first-order valence-electron chi connectivity index (χ1n) is 6.15. The van der Waals surface area contributed by atoms with Crippen molar-refractivity contribution in [2.75, 3.05) is 7.11 Å². The maximum atomic E-state index is 12.4. The van der Waals surface area contributed by atoms with Gasteiger partial charge in [-0.1, -0.05) is 74.3 Å². The Labute approximate surface area is 135 Å². The number of ether oxygens (including phenoxy) is 1. The van der Waals surface area contributed by atoms with Gasteiger partial charge in [0.1, 0.15) is 5.75 Å². The number of methoxy groups -OCH3 is 1. The van der Waals surface area contributed by atoms with Crippen molar-refractivity contribution in [2.45, 2.75) is 9.65 Å². The highest BCUT2D eigenvalue weighted by molar-refractivity contribution is 9.12. The van der Waals surface area contributed by atoms with Crippen LogP contribution in [0.2, 0.25) is 0 Å². The van der Waals surface area contributed by atoms with Crippen LogP contribution in [-0.4, -0.2) is 17.7 Å². The molecule has 0 saturated heterocycles. The summed E-state index contributed by atoms with van der Waals surface area (Å²) in [4.78, 5) is 12.0. The summed E-state index contributed by atoms with van der Waals surface area (Å²) < 4.78 is 5.13. The monoisotopic (exact) mass is 396 g/mol. The number of carbonyl (C=O) groups excluding carboxylic acids is 1. The van der Waals surface area contributed by atoms with Crippen molar-refractivity contribution in [3.8, 4) is 5.75 Å². The molecule has 2 atom stereocenters. The fourth-order valence-corrected chi connectivity index (χ4v) is 2.97. The van der Waals surface area contributed by atoms with E-state index in [1.54, 1.807) is 7.11 Å². The molecule has 2 unspecified atom stereocenters. The van der Waals surface area contributed by atoms with Gasteiger partial charge >= 0.3 is 0 Å². The lowest BCUT2D eigenvalue weighted by molar-refractivity contribution is 0.0991. The highest BCUT2D eigenvalue weighted by Gasteiger charge is 2.25. The molecular formula is C16H14Br2O2. The predicted molar refractivity (Wildman–Crippen MR) is 88.1 cm³/mol. The van der Waals surface area contributed by atoms with Crippen LogP contribution in [0.4, 0.5) is 0 Å². The van der Waals surface area contributed by atoms with Crippen molar-refractivity contribution in [1.82, 2.24) is 0 Å². The molecule has 0 bridgehead atoms. The maximum absolute atomic E-state index is 12.4. The van der Waals surface area contributed by atoms with E-state index in [1.807, 2.05) is 54.6 Å². The number of rotatable bonds is 5. The first kappa shape index (κ1) is 15.3. The van der Waals surface area contributed by atoms with E-state index in [9.17, 15) is 4.79 Å². The summed E-state index contributed by atoms with van der Waals surface area (Å²) in [5, 5.41) is 0. The lowest BCUT2D eigenvalue weighted by atomic mass is 10.0. The number of benzene rings is 2. The molecule has 0 fully saturated rings. The maximum Gasteiger partial charge on any atom is 0.177 e. The van der Waals surface area contributed by atoms with E-state index in [0.717, 1.165) is 11.3 Å². The fraction of sp³-hybridized carbons (Fsp3) is 0.188. The van der Waals surface area contributed by atoms with Gasteiger partial charge in [0.2, 0.25) is 0 Å². The Bertz CT molecular complexity index is 567. The Morgan fingerprint density at radius 1 is 1.00 bits per heavy atom. The quantitative estimate of drug-likeness (QED) is 0.536. The van der Waals surface area contributed by atoms with Crippen molar-refractivity contribution >= 4 is 37.6 Å². The van der Waals surface area contributed by atoms with E-state index in [4.69, 9.17) is 4.74 Å². The van der Waals surface area contributed by atoms with Gasteiger partial charge < -0.3 is 4.74 Å². The zero-order chi connectivity index (χ0) is 14.5. The lowest BCUT2D eigenvalue weighted by Crippen LogP contribution is -2.19. The summed E-state index contributed by atoms with van der Waals surface area (Å²) in [6.45, 7) is 0. The summed E-state index contributed by atoms with van der Waals surface area (Å²) in [7, 11) is 1.63. The Morgan fingerprint density at radius 3 is 2.15 bits per heavy atom. The van der Waals surface area contributed by atoms with Crippen LogP contribution in [0.3, 0.4) is 0 Å². The molecule has 0 aliphatic rings. The van der Waals surface area contributed by atoms with Crippen LogP contribution in [0, 0.1) is 0 Å². The second kappa shape index (κ2) is 7.04. The Balaban J connectivity index is 2.15. The minimum absolute atomic E-state index is 0.0586. The molecule has 0 radical (unpaired) electrons. The van der Waals surface area contributed by atoms with Gasteiger partial charge in [-0.25, -0.2) is 0 Å². The van der Waals surface area contributed by atoms with Gasteiger partial charge in [0.25, 0.3) is 0 Å². The average Bonchev–Trinajstić information content (AvgIpc) is 2.53. The van der Waals surface area contributed by atoms with Gasteiger partial charge in [-0.15, -0.1) is 0 Å². The van der Waals surface area contributed by atoms with Crippen LogP contribution in [0.5, 0.6) is 5.75 Å². The normalized spacial score (nSPS) is 13.6. The predicted octanol–water partition coefficient (Wildman–Crippen LogP) is 4.78. The number of ketones is 1. The summed E-state index contributed by atoms with van der Waals surface area (Å²) in [6.07, 6.45) is 0. The van der Waals surface area contributed by atoms with E-state index in [1.165, 1.54) is 0 Å². The van der Waals surface area contributed by atoms with E-state index in [-0.39, 0.29) is 15.4 Å². The number of hydrogen-bond donors (Lipinski definition) is 0. The number of Topliss-reactive ketones (excluding diaryl/α,β-unsaturated/α-hetero) is 1. The molecule has 104 valence electrons. The topological polar surface area (TPSA) is 26.3 Å². The molecule has 0 spiro atoms. The smallest absolute Gasteiger partial charge is 0.177 e. The van der Waals surface area contributed by atoms with Crippen molar-refractivity contribution in [1.29, 1.82) is 0 Å². The Morgan fingerprint density at radius 2 is 1.60 bits per heavy atom. The largest absolute Gasteiger partial charge is 0.497 e. The highest BCUT2D eigenvalue weighted by Crippen LogP contribution is 2.34. The van der Waals surface area contributed by atoms with Crippen molar-refractivity contribution < 1.29 is 9.53 Å². The number of carbonyl (C=O) groups is 1. The highest BCUT2D eigenvalue weighted by atomic mass is 79.9. The molecule has 0 heterocycles. The molecule has 0 amide bonds. The third kappa shape index (κ3) is 3.49. The third-order valence-electron chi connectivity index (χ3n) is 3.00. The Hall–Kier alpha value is -1.13. The van der Waals surface area contributed by atoms with Gasteiger partial charge in [0, 0.05) is 5.56 Å². The second-order valence-electron chi connectivity index (χ2n) is 4.31. The number of halogens is 2. The van der Waals surface area contributed by atoms with Crippen LogP contribution in [0.15, 0.2) is 54.6 Å². The molecule has 2 aromatic carbocycles. The molecule has 0 aliphatic carbocycles. The van der Waals surface area contributed by atoms with Crippen molar-refractivity contribution in [2.24, 2.45) is 0 Å². The zero-order valence-corrected chi connectivity index (χ0v) is 14.1. The summed E-state index contributed by atoms with van der Waals surface area (Å²) in [6, 6.07) is 16.9. The molecule has 2 rings (SSSR count). The summed E-state index contributed by atoms with van der Waals surface area (Å²) in [5.74, 6) is 0.859. The van der Waals surface area contributed by atoms with Gasteiger partial charge in [-0.2, -0.15) is 0 Å².